The number of carbonyl (C=O) groups is 2. The largest absolute Gasteiger partial charge is 0.512 e. The van der Waals surface area contributed by atoms with Gasteiger partial charge in [0.25, 0.3) is 0 Å². The van der Waals surface area contributed by atoms with Crippen LogP contribution in [0.4, 0.5) is 4.39 Å². The molecule has 0 aliphatic heterocycles. The summed E-state index contributed by atoms with van der Waals surface area (Å²) in [5, 5.41) is 20.5. The van der Waals surface area contributed by atoms with Gasteiger partial charge in [-0.2, -0.15) is 0 Å². The third-order valence-electron chi connectivity index (χ3n) is 6.12. The third-order valence-corrected chi connectivity index (χ3v) is 6.12. The van der Waals surface area contributed by atoms with Gasteiger partial charge in [0.1, 0.15) is 12.2 Å². The number of carbonyl (C=O) groups excluding carboxylic acids is 1. The third kappa shape index (κ3) is 5.11. The fourth-order valence-electron chi connectivity index (χ4n) is 4.31. The van der Waals surface area contributed by atoms with Gasteiger partial charge in [0, 0.05) is 29.0 Å². The Morgan fingerprint density at radius 3 is 2.45 bits per heavy atom. The number of ketones is 1. The van der Waals surface area contributed by atoms with E-state index < -0.39 is 18.2 Å². The van der Waals surface area contributed by atoms with Crippen LogP contribution in [0.15, 0.2) is 60.4 Å². The number of carboxylic acids is 1. The molecule has 0 bridgehead atoms. The first-order valence-electron chi connectivity index (χ1n) is 11.2. The highest BCUT2D eigenvalue weighted by molar-refractivity contribution is 6.01. The van der Waals surface area contributed by atoms with Crippen LogP contribution < -0.4 is 0 Å². The molecule has 1 aliphatic carbocycles. The average molecular weight is 448 g/mol. The minimum absolute atomic E-state index is 0.122. The predicted octanol–water partition coefficient (Wildman–Crippen LogP) is 5.97. The lowest BCUT2D eigenvalue weighted by Gasteiger charge is -2.22. The first kappa shape index (κ1) is 22.6. The summed E-state index contributed by atoms with van der Waals surface area (Å²) in [5.41, 5.74) is 4.67. The molecule has 33 heavy (non-hydrogen) atoms. The Balaban J connectivity index is 1.85. The summed E-state index contributed by atoms with van der Waals surface area (Å²) < 4.78 is 13.7. The number of fused-ring (bicyclic) bond motifs is 1. The zero-order chi connectivity index (χ0) is 23.5. The van der Waals surface area contributed by atoms with Crippen LogP contribution in [-0.4, -0.2) is 26.9 Å². The Morgan fingerprint density at radius 1 is 1.12 bits per heavy atom. The number of benzene rings is 2. The second kappa shape index (κ2) is 9.53. The predicted molar refractivity (Wildman–Crippen MR) is 125 cm³/mol. The Morgan fingerprint density at radius 2 is 1.82 bits per heavy atom. The molecule has 1 heterocycles. The highest BCUT2D eigenvalue weighted by atomic mass is 19.1. The Bertz CT molecular complexity index is 1230. The van der Waals surface area contributed by atoms with E-state index in [1.807, 2.05) is 31.2 Å². The molecule has 4 rings (SSSR count). The van der Waals surface area contributed by atoms with Gasteiger partial charge in [0.15, 0.2) is 5.78 Å². The van der Waals surface area contributed by atoms with E-state index in [0.717, 1.165) is 52.2 Å². The minimum Gasteiger partial charge on any atom is -0.512 e. The molecule has 0 spiro atoms. The molecular weight excluding hydrogens is 421 g/mol. The topological polar surface area (TPSA) is 87.5 Å². The summed E-state index contributed by atoms with van der Waals surface area (Å²) in [6.07, 6.45) is 3.45. The second-order valence-electron chi connectivity index (χ2n) is 8.56. The van der Waals surface area contributed by atoms with E-state index in [-0.39, 0.29) is 17.5 Å². The maximum absolute atomic E-state index is 13.7. The van der Waals surface area contributed by atoms with Gasteiger partial charge >= 0.3 is 5.97 Å². The van der Waals surface area contributed by atoms with Crippen molar-refractivity contribution in [2.45, 2.75) is 44.9 Å². The van der Waals surface area contributed by atoms with Gasteiger partial charge in [-0.15, -0.1) is 0 Å². The van der Waals surface area contributed by atoms with Crippen molar-refractivity contribution in [3.05, 3.63) is 77.4 Å². The molecule has 2 N–H and O–H groups in total. The zero-order valence-electron chi connectivity index (χ0n) is 18.4. The van der Waals surface area contributed by atoms with Crippen molar-refractivity contribution in [1.82, 2.24) is 4.98 Å². The van der Waals surface area contributed by atoms with Crippen molar-refractivity contribution < 1.29 is 24.2 Å². The SMILES string of the molecule is CCC(Cc1c(C2CC2)nc2ccccc2c1-c1ccc(F)cc1)/C(O)=C\C(=O)CC(=O)O. The highest BCUT2D eigenvalue weighted by Crippen LogP contribution is 2.46. The zero-order valence-corrected chi connectivity index (χ0v) is 18.4. The number of hydrogen-bond acceptors (Lipinski definition) is 4. The molecule has 1 atom stereocenters. The summed E-state index contributed by atoms with van der Waals surface area (Å²) >= 11 is 0. The van der Waals surface area contributed by atoms with E-state index >= 15 is 0 Å². The first-order chi connectivity index (χ1) is 15.9. The number of halogens is 1. The molecule has 170 valence electrons. The van der Waals surface area contributed by atoms with Crippen LogP contribution in [0, 0.1) is 11.7 Å². The molecule has 1 saturated carbocycles. The number of pyridine rings is 1. The number of hydrogen-bond donors (Lipinski definition) is 2. The second-order valence-corrected chi connectivity index (χ2v) is 8.56. The number of allylic oxidation sites excluding steroid dienone is 2. The molecule has 2 aromatic carbocycles. The summed E-state index contributed by atoms with van der Waals surface area (Å²) in [5.74, 6) is -2.35. The number of aromatic nitrogens is 1. The molecular formula is C27H26FNO4. The van der Waals surface area contributed by atoms with Crippen molar-refractivity contribution in [2.24, 2.45) is 5.92 Å². The maximum atomic E-state index is 13.7. The van der Waals surface area contributed by atoms with Gasteiger partial charge in [-0.3, -0.25) is 14.6 Å². The molecule has 1 fully saturated rings. The average Bonchev–Trinajstić information content (AvgIpc) is 3.62. The van der Waals surface area contributed by atoms with Gasteiger partial charge in [-0.05, 0) is 60.6 Å². The van der Waals surface area contributed by atoms with Crippen LogP contribution in [-0.2, 0) is 16.0 Å². The van der Waals surface area contributed by atoms with Crippen molar-refractivity contribution >= 4 is 22.7 Å². The van der Waals surface area contributed by atoms with Crippen molar-refractivity contribution in [1.29, 1.82) is 0 Å². The molecule has 6 heteroatoms. The molecule has 1 unspecified atom stereocenters. The van der Waals surface area contributed by atoms with Gasteiger partial charge < -0.3 is 10.2 Å². The van der Waals surface area contributed by atoms with Crippen LogP contribution in [0.3, 0.4) is 0 Å². The van der Waals surface area contributed by atoms with Gasteiger partial charge in [-0.1, -0.05) is 37.3 Å². The molecule has 1 aliphatic rings. The summed E-state index contributed by atoms with van der Waals surface area (Å²) in [7, 11) is 0. The number of aliphatic carboxylic acids is 1. The monoisotopic (exact) mass is 447 g/mol. The van der Waals surface area contributed by atoms with Crippen LogP contribution in [0.1, 0.15) is 49.8 Å². The number of nitrogens with zero attached hydrogens (tertiary/aromatic N) is 1. The van der Waals surface area contributed by atoms with Crippen molar-refractivity contribution in [3.8, 4) is 11.1 Å². The van der Waals surface area contributed by atoms with E-state index in [2.05, 4.69) is 0 Å². The van der Waals surface area contributed by atoms with Crippen LogP contribution >= 0.6 is 0 Å². The quantitative estimate of drug-likeness (QED) is 0.240. The van der Waals surface area contributed by atoms with Gasteiger partial charge in [0.2, 0.25) is 0 Å². The number of carboxylic acid groups (broad SMARTS) is 1. The maximum Gasteiger partial charge on any atom is 0.311 e. The summed E-state index contributed by atoms with van der Waals surface area (Å²) in [4.78, 5) is 27.8. The number of para-hydroxylation sites is 1. The fourth-order valence-corrected chi connectivity index (χ4v) is 4.31. The van der Waals surface area contributed by atoms with Gasteiger partial charge in [-0.25, -0.2) is 4.39 Å². The number of aliphatic hydroxyl groups is 1. The van der Waals surface area contributed by atoms with E-state index in [9.17, 15) is 19.1 Å². The standard InChI is InChI=1S/C27H26FNO4/c1-2-16(24(31)14-20(30)15-25(32)33)13-22-26(17-9-11-19(28)12-10-17)21-5-3-4-6-23(21)29-27(22)18-7-8-18/h3-6,9-12,14,16,18,31H,2,7-8,13,15H2,1H3,(H,32,33)/b24-14+. The molecule has 3 aromatic rings. The molecule has 1 aromatic heterocycles. The lowest BCUT2D eigenvalue weighted by Crippen LogP contribution is -2.13. The lowest BCUT2D eigenvalue weighted by atomic mass is 9.85. The Kier molecular flexibility index (Phi) is 6.54. The van der Waals surface area contributed by atoms with Crippen LogP contribution in [0.5, 0.6) is 0 Å². The lowest BCUT2D eigenvalue weighted by molar-refractivity contribution is -0.139. The minimum atomic E-state index is -1.23. The van der Waals surface area contributed by atoms with Gasteiger partial charge in [0.05, 0.1) is 11.3 Å². The van der Waals surface area contributed by atoms with Crippen molar-refractivity contribution in [3.63, 3.8) is 0 Å². The van der Waals surface area contributed by atoms with Crippen molar-refractivity contribution in [2.75, 3.05) is 0 Å². The number of rotatable bonds is 9. The smallest absolute Gasteiger partial charge is 0.311 e. The molecule has 0 saturated heterocycles. The molecule has 5 nitrogen and oxygen atoms in total. The van der Waals surface area contributed by atoms with E-state index in [1.165, 1.54) is 12.1 Å². The Labute approximate surface area is 191 Å². The molecule has 0 amide bonds. The molecule has 0 radical (unpaired) electrons. The normalized spacial score (nSPS) is 14.9. The van der Waals surface area contributed by atoms with Crippen LogP contribution in [0.2, 0.25) is 0 Å². The first-order valence-corrected chi connectivity index (χ1v) is 11.2. The van der Waals surface area contributed by atoms with E-state index in [1.54, 1.807) is 12.1 Å². The van der Waals surface area contributed by atoms with E-state index in [0.29, 0.717) is 18.8 Å². The summed E-state index contributed by atoms with van der Waals surface area (Å²) in [6, 6.07) is 14.2. The fraction of sp³-hybridized carbons (Fsp3) is 0.296. The number of aliphatic hydroxyl groups excluding tert-OH is 1. The highest BCUT2D eigenvalue weighted by Gasteiger charge is 2.31. The summed E-state index contributed by atoms with van der Waals surface area (Å²) in [6.45, 7) is 1.92. The Hall–Kier alpha value is -3.54. The van der Waals surface area contributed by atoms with Crippen LogP contribution in [0.25, 0.3) is 22.0 Å². The van der Waals surface area contributed by atoms with E-state index in [4.69, 9.17) is 10.1 Å².